The topological polar surface area (TPSA) is 24.4 Å². The summed E-state index contributed by atoms with van der Waals surface area (Å²) >= 11 is 0. The highest BCUT2D eigenvalue weighted by Crippen LogP contribution is 2.18. The van der Waals surface area contributed by atoms with Gasteiger partial charge in [0.25, 0.3) is 0 Å². The Kier molecular flexibility index (Phi) is 11.5. The lowest BCUT2D eigenvalue weighted by atomic mass is 9.95. The van der Waals surface area contributed by atoms with Crippen LogP contribution in [0.5, 0.6) is 0 Å². The molecule has 118 valence electrons. The van der Waals surface area contributed by atoms with Gasteiger partial charge in [-0.2, -0.15) is 0 Å². The zero-order valence-electron chi connectivity index (χ0n) is 14.6. The summed E-state index contributed by atoms with van der Waals surface area (Å²) in [6.07, 6.45) is 11.5. The molecule has 0 aromatic heterocycles. The van der Waals surface area contributed by atoms with Crippen molar-refractivity contribution in [2.45, 2.75) is 85.6 Å². The molecule has 2 nitrogen and oxygen atoms in total. The molecule has 1 saturated carbocycles. The van der Waals surface area contributed by atoms with Crippen LogP contribution in [-0.4, -0.2) is 18.8 Å². The zero-order valence-corrected chi connectivity index (χ0v) is 14.6. The van der Waals surface area contributed by atoms with Crippen molar-refractivity contribution in [2.24, 2.45) is 10.9 Å². The van der Waals surface area contributed by atoms with E-state index in [4.69, 9.17) is 0 Å². The van der Waals surface area contributed by atoms with Crippen LogP contribution >= 0.6 is 0 Å². The SMILES string of the molecule is CC.CCCC(C)C(/C=C(\C)NC1CCCCC1)=NC. The second-order valence-corrected chi connectivity index (χ2v) is 5.64. The van der Waals surface area contributed by atoms with Crippen LogP contribution in [0, 0.1) is 5.92 Å². The molecule has 0 saturated heterocycles. The maximum Gasteiger partial charge on any atom is 0.0390 e. The van der Waals surface area contributed by atoms with Crippen LogP contribution in [0.15, 0.2) is 16.8 Å². The van der Waals surface area contributed by atoms with Gasteiger partial charge in [-0.3, -0.25) is 4.99 Å². The minimum atomic E-state index is 0.572. The summed E-state index contributed by atoms with van der Waals surface area (Å²) in [6.45, 7) is 10.7. The van der Waals surface area contributed by atoms with Crippen LogP contribution in [0.4, 0.5) is 0 Å². The van der Waals surface area contributed by atoms with Crippen LogP contribution in [0.2, 0.25) is 0 Å². The van der Waals surface area contributed by atoms with Gasteiger partial charge >= 0.3 is 0 Å². The van der Waals surface area contributed by atoms with E-state index in [0.717, 1.165) is 0 Å². The predicted octanol–water partition coefficient (Wildman–Crippen LogP) is 5.35. The van der Waals surface area contributed by atoms with Gasteiger partial charge in [-0.1, -0.05) is 53.4 Å². The molecule has 1 aliphatic rings. The standard InChI is InChI=1S/C16H30N2.C2H6/c1-5-9-13(2)16(17-4)12-14(3)18-15-10-7-6-8-11-15;1-2/h12-13,15,18H,5-11H2,1-4H3;1-2H3/b14-12+,17-16?;. The molecular formula is C18H36N2. The molecular weight excluding hydrogens is 244 g/mol. The van der Waals surface area contributed by atoms with Crippen molar-refractivity contribution in [3.63, 3.8) is 0 Å². The molecule has 0 radical (unpaired) electrons. The lowest BCUT2D eigenvalue weighted by Crippen LogP contribution is -2.30. The summed E-state index contributed by atoms with van der Waals surface area (Å²) in [4.78, 5) is 4.44. The van der Waals surface area contributed by atoms with Gasteiger partial charge in [0.05, 0.1) is 0 Å². The average molecular weight is 280 g/mol. The first-order valence-electron chi connectivity index (χ1n) is 8.58. The molecule has 1 fully saturated rings. The van der Waals surface area contributed by atoms with Crippen LogP contribution in [0.3, 0.4) is 0 Å². The molecule has 20 heavy (non-hydrogen) atoms. The van der Waals surface area contributed by atoms with E-state index in [-0.39, 0.29) is 0 Å². The Morgan fingerprint density at radius 3 is 2.35 bits per heavy atom. The number of rotatable bonds is 6. The van der Waals surface area contributed by atoms with Gasteiger partial charge in [-0.05, 0) is 38.2 Å². The highest BCUT2D eigenvalue weighted by molar-refractivity contribution is 5.96. The summed E-state index contributed by atoms with van der Waals surface area (Å²) in [5.41, 5.74) is 2.52. The summed E-state index contributed by atoms with van der Waals surface area (Å²) in [5, 5.41) is 3.66. The third-order valence-electron chi connectivity index (χ3n) is 3.89. The number of hydrogen-bond acceptors (Lipinski definition) is 2. The van der Waals surface area contributed by atoms with Crippen molar-refractivity contribution >= 4 is 5.71 Å². The van der Waals surface area contributed by atoms with Crippen molar-refractivity contribution < 1.29 is 0 Å². The molecule has 1 aliphatic carbocycles. The molecule has 2 heteroatoms. The molecule has 1 N–H and O–H groups in total. The molecule has 0 amide bonds. The maximum absolute atomic E-state index is 4.44. The fourth-order valence-corrected chi connectivity index (χ4v) is 2.84. The summed E-state index contributed by atoms with van der Waals surface area (Å²) < 4.78 is 0. The quantitative estimate of drug-likeness (QED) is 0.652. The number of aliphatic imine (C=N–C) groups is 1. The minimum Gasteiger partial charge on any atom is -0.386 e. The minimum absolute atomic E-state index is 0.572. The summed E-state index contributed by atoms with van der Waals surface area (Å²) in [5.74, 6) is 0.572. The van der Waals surface area contributed by atoms with Crippen molar-refractivity contribution in [3.05, 3.63) is 11.8 Å². The highest BCUT2D eigenvalue weighted by atomic mass is 14.9. The number of nitrogens with zero attached hydrogens (tertiary/aromatic N) is 1. The van der Waals surface area contributed by atoms with Gasteiger partial charge in [0.2, 0.25) is 0 Å². The second kappa shape index (κ2) is 12.0. The van der Waals surface area contributed by atoms with Crippen LogP contribution in [-0.2, 0) is 0 Å². The van der Waals surface area contributed by atoms with E-state index < -0.39 is 0 Å². The molecule has 0 aliphatic heterocycles. The number of hydrogen-bond donors (Lipinski definition) is 1. The van der Waals surface area contributed by atoms with Crippen LogP contribution in [0.1, 0.15) is 79.6 Å². The van der Waals surface area contributed by atoms with Crippen LogP contribution < -0.4 is 5.32 Å². The third kappa shape index (κ3) is 7.72. The fraction of sp³-hybridized carbons (Fsp3) is 0.833. The Balaban J connectivity index is 0.00000172. The smallest absolute Gasteiger partial charge is 0.0390 e. The molecule has 0 spiro atoms. The van der Waals surface area contributed by atoms with Crippen molar-refractivity contribution in [1.82, 2.24) is 5.32 Å². The lowest BCUT2D eigenvalue weighted by Gasteiger charge is -2.24. The molecule has 0 aromatic carbocycles. The van der Waals surface area contributed by atoms with E-state index in [1.807, 2.05) is 20.9 Å². The van der Waals surface area contributed by atoms with Gasteiger partial charge in [-0.25, -0.2) is 0 Å². The van der Waals surface area contributed by atoms with Gasteiger partial charge in [0.15, 0.2) is 0 Å². The Bertz CT molecular complexity index is 286. The number of nitrogens with one attached hydrogen (secondary N) is 1. The van der Waals surface area contributed by atoms with E-state index >= 15 is 0 Å². The van der Waals surface area contributed by atoms with Crippen molar-refractivity contribution in [2.75, 3.05) is 7.05 Å². The van der Waals surface area contributed by atoms with E-state index in [1.54, 1.807) is 0 Å². The average Bonchev–Trinajstić information content (AvgIpc) is 2.48. The first kappa shape index (κ1) is 19.2. The Morgan fingerprint density at radius 2 is 1.85 bits per heavy atom. The molecule has 1 unspecified atom stereocenters. The van der Waals surface area contributed by atoms with E-state index in [1.165, 1.54) is 56.4 Å². The van der Waals surface area contributed by atoms with Gasteiger partial charge in [0.1, 0.15) is 0 Å². The van der Waals surface area contributed by atoms with Crippen molar-refractivity contribution in [1.29, 1.82) is 0 Å². The van der Waals surface area contributed by atoms with Crippen LogP contribution in [0.25, 0.3) is 0 Å². The molecule has 0 bridgehead atoms. The van der Waals surface area contributed by atoms with Gasteiger partial charge in [-0.15, -0.1) is 0 Å². The normalized spacial score (nSPS) is 19.1. The van der Waals surface area contributed by atoms with E-state index in [2.05, 4.69) is 37.2 Å². The summed E-state index contributed by atoms with van der Waals surface area (Å²) in [7, 11) is 1.91. The first-order valence-corrected chi connectivity index (χ1v) is 8.58. The molecule has 1 rings (SSSR count). The Hall–Kier alpha value is -0.790. The first-order chi connectivity index (χ1) is 9.67. The second-order valence-electron chi connectivity index (χ2n) is 5.64. The Labute approximate surface area is 127 Å². The lowest BCUT2D eigenvalue weighted by molar-refractivity contribution is 0.397. The highest BCUT2D eigenvalue weighted by Gasteiger charge is 2.13. The molecule has 0 heterocycles. The van der Waals surface area contributed by atoms with Gasteiger partial charge < -0.3 is 5.32 Å². The maximum atomic E-state index is 4.44. The Morgan fingerprint density at radius 1 is 1.25 bits per heavy atom. The zero-order chi connectivity index (χ0) is 15.4. The van der Waals surface area contributed by atoms with E-state index in [0.29, 0.717) is 12.0 Å². The molecule has 1 atom stereocenters. The van der Waals surface area contributed by atoms with Gasteiger partial charge in [0, 0.05) is 24.5 Å². The number of allylic oxidation sites excluding steroid dienone is 2. The summed E-state index contributed by atoms with van der Waals surface area (Å²) in [6, 6.07) is 0.689. The third-order valence-corrected chi connectivity index (χ3v) is 3.89. The predicted molar refractivity (Wildman–Crippen MR) is 92.5 cm³/mol. The monoisotopic (exact) mass is 280 g/mol. The fourth-order valence-electron chi connectivity index (χ4n) is 2.84. The molecule has 0 aromatic rings. The van der Waals surface area contributed by atoms with E-state index in [9.17, 15) is 0 Å². The largest absolute Gasteiger partial charge is 0.386 e. The van der Waals surface area contributed by atoms with Crippen molar-refractivity contribution in [3.8, 4) is 0 Å².